The van der Waals surface area contributed by atoms with E-state index in [2.05, 4.69) is 55.4 Å². The fourth-order valence-corrected chi connectivity index (χ4v) is 2.14. The Labute approximate surface area is 132 Å². The topological polar surface area (TPSA) is 54.0 Å². The van der Waals surface area contributed by atoms with Crippen molar-refractivity contribution in [2.45, 2.75) is 27.7 Å². The zero-order valence-electron chi connectivity index (χ0n) is 13.6. The number of hydrogen-bond acceptors (Lipinski definition) is 3. The van der Waals surface area contributed by atoms with Gasteiger partial charge in [0, 0.05) is 18.4 Å². The monoisotopic (exact) mass is 297 g/mol. The van der Waals surface area contributed by atoms with Crippen molar-refractivity contribution in [2.24, 2.45) is 5.92 Å². The van der Waals surface area contributed by atoms with Gasteiger partial charge in [0.05, 0.1) is 17.4 Å². The number of aromatic nitrogens is 1. The number of carbonyl (C=O) groups excluding carboxylic acids is 1. The highest BCUT2D eigenvalue weighted by molar-refractivity contribution is 5.94. The van der Waals surface area contributed by atoms with Gasteiger partial charge >= 0.3 is 0 Å². The molecule has 0 fully saturated rings. The standard InChI is InChI=1S/C18H23N3O/c1-12(2)9-20-18(22)15-8-16(11-19-10-15)21-17-6-5-13(3)7-14(17)4/h5-8,10-12,21H,9H2,1-4H3,(H,20,22). The summed E-state index contributed by atoms with van der Waals surface area (Å²) in [6, 6.07) is 8.04. The van der Waals surface area contributed by atoms with Gasteiger partial charge in [0.15, 0.2) is 0 Å². The van der Waals surface area contributed by atoms with Crippen LogP contribution in [0.5, 0.6) is 0 Å². The molecule has 0 saturated carbocycles. The third kappa shape index (κ3) is 4.32. The van der Waals surface area contributed by atoms with Gasteiger partial charge in [0.25, 0.3) is 5.91 Å². The van der Waals surface area contributed by atoms with E-state index in [1.807, 2.05) is 12.1 Å². The minimum atomic E-state index is -0.0921. The van der Waals surface area contributed by atoms with E-state index < -0.39 is 0 Å². The summed E-state index contributed by atoms with van der Waals surface area (Å²) in [5.41, 5.74) is 4.78. The molecule has 1 aromatic carbocycles. The molecule has 0 aliphatic rings. The molecule has 2 rings (SSSR count). The molecule has 1 heterocycles. The number of benzene rings is 1. The van der Waals surface area contributed by atoms with Crippen molar-refractivity contribution < 1.29 is 4.79 Å². The van der Waals surface area contributed by atoms with Crippen LogP contribution in [0.15, 0.2) is 36.7 Å². The van der Waals surface area contributed by atoms with E-state index in [-0.39, 0.29) is 5.91 Å². The summed E-state index contributed by atoms with van der Waals surface area (Å²) < 4.78 is 0. The smallest absolute Gasteiger partial charge is 0.252 e. The van der Waals surface area contributed by atoms with E-state index in [9.17, 15) is 4.79 Å². The average molecular weight is 297 g/mol. The van der Waals surface area contributed by atoms with E-state index in [1.54, 1.807) is 12.4 Å². The number of nitrogens with one attached hydrogen (secondary N) is 2. The summed E-state index contributed by atoms with van der Waals surface area (Å²) in [4.78, 5) is 16.2. The molecular weight excluding hydrogens is 274 g/mol. The van der Waals surface area contributed by atoms with E-state index in [1.165, 1.54) is 5.56 Å². The predicted molar refractivity (Wildman–Crippen MR) is 90.6 cm³/mol. The highest BCUT2D eigenvalue weighted by Gasteiger charge is 2.08. The highest BCUT2D eigenvalue weighted by atomic mass is 16.1. The molecule has 116 valence electrons. The first-order valence-corrected chi connectivity index (χ1v) is 7.53. The van der Waals surface area contributed by atoms with Gasteiger partial charge in [-0.25, -0.2) is 0 Å². The molecule has 4 nitrogen and oxygen atoms in total. The van der Waals surface area contributed by atoms with E-state index in [4.69, 9.17) is 0 Å². The number of aryl methyl sites for hydroxylation is 2. The molecule has 0 aliphatic heterocycles. The fraction of sp³-hybridized carbons (Fsp3) is 0.333. The number of pyridine rings is 1. The zero-order valence-corrected chi connectivity index (χ0v) is 13.6. The lowest BCUT2D eigenvalue weighted by molar-refractivity contribution is 0.0948. The molecule has 2 aromatic rings. The molecule has 0 saturated heterocycles. The molecule has 1 aromatic heterocycles. The van der Waals surface area contributed by atoms with Crippen molar-refractivity contribution in [1.29, 1.82) is 0 Å². The maximum atomic E-state index is 12.1. The quantitative estimate of drug-likeness (QED) is 0.882. The Kier molecular flexibility index (Phi) is 5.15. The van der Waals surface area contributed by atoms with E-state index in [0.29, 0.717) is 18.0 Å². The first-order chi connectivity index (χ1) is 10.5. The molecule has 0 radical (unpaired) electrons. The molecule has 4 heteroatoms. The van der Waals surface area contributed by atoms with Crippen molar-refractivity contribution in [3.63, 3.8) is 0 Å². The van der Waals surface area contributed by atoms with Gasteiger partial charge in [0.2, 0.25) is 0 Å². The molecule has 0 atom stereocenters. The maximum Gasteiger partial charge on any atom is 0.252 e. The lowest BCUT2D eigenvalue weighted by atomic mass is 10.1. The van der Waals surface area contributed by atoms with Crippen molar-refractivity contribution in [2.75, 3.05) is 11.9 Å². The number of nitrogens with zero attached hydrogens (tertiary/aromatic N) is 1. The van der Waals surface area contributed by atoms with Gasteiger partial charge in [-0.3, -0.25) is 9.78 Å². The maximum absolute atomic E-state index is 12.1. The summed E-state index contributed by atoms with van der Waals surface area (Å²) in [5, 5.41) is 6.22. The first-order valence-electron chi connectivity index (χ1n) is 7.53. The van der Waals surface area contributed by atoms with Crippen LogP contribution in [0.25, 0.3) is 0 Å². The summed E-state index contributed by atoms with van der Waals surface area (Å²) >= 11 is 0. The largest absolute Gasteiger partial charge is 0.354 e. The summed E-state index contributed by atoms with van der Waals surface area (Å²) in [5.74, 6) is 0.332. The van der Waals surface area contributed by atoms with Crippen LogP contribution in [0.2, 0.25) is 0 Å². The van der Waals surface area contributed by atoms with Gasteiger partial charge in [-0.1, -0.05) is 31.5 Å². The van der Waals surface area contributed by atoms with Gasteiger partial charge in [0.1, 0.15) is 0 Å². The van der Waals surface area contributed by atoms with Gasteiger partial charge in [-0.15, -0.1) is 0 Å². The number of amides is 1. The fourth-order valence-electron chi connectivity index (χ4n) is 2.14. The minimum absolute atomic E-state index is 0.0921. The Morgan fingerprint density at radius 3 is 2.64 bits per heavy atom. The van der Waals surface area contributed by atoms with Crippen molar-refractivity contribution >= 4 is 17.3 Å². The first kappa shape index (κ1) is 16.0. The lowest BCUT2D eigenvalue weighted by Gasteiger charge is -2.12. The molecule has 0 spiro atoms. The second-order valence-electron chi connectivity index (χ2n) is 6.01. The second-order valence-corrected chi connectivity index (χ2v) is 6.01. The van der Waals surface area contributed by atoms with Crippen LogP contribution >= 0.6 is 0 Å². The van der Waals surface area contributed by atoms with Crippen molar-refractivity contribution in [3.8, 4) is 0 Å². The Morgan fingerprint density at radius 1 is 1.18 bits per heavy atom. The van der Waals surface area contributed by atoms with Crippen LogP contribution in [0.1, 0.15) is 35.3 Å². The Bertz CT molecular complexity index is 665. The zero-order chi connectivity index (χ0) is 16.1. The molecule has 0 unspecified atom stereocenters. The van der Waals surface area contributed by atoms with Gasteiger partial charge in [-0.05, 0) is 37.5 Å². The SMILES string of the molecule is Cc1ccc(Nc2cncc(C(=O)NCC(C)C)c2)c(C)c1. The Hall–Kier alpha value is -2.36. The van der Waals surface area contributed by atoms with Gasteiger partial charge < -0.3 is 10.6 Å². The number of anilines is 2. The van der Waals surface area contributed by atoms with Crippen LogP contribution < -0.4 is 10.6 Å². The number of hydrogen-bond donors (Lipinski definition) is 2. The molecule has 0 aliphatic carbocycles. The third-order valence-corrected chi connectivity index (χ3v) is 3.33. The Balaban J connectivity index is 2.12. The average Bonchev–Trinajstić information content (AvgIpc) is 2.48. The highest BCUT2D eigenvalue weighted by Crippen LogP contribution is 2.21. The summed E-state index contributed by atoms with van der Waals surface area (Å²) in [7, 11) is 0. The van der Waals surface area contributed by atoms with E-state index in [0.717, 1.165) is 16.9 Å². The predicted octanol–water partition coefficient (Wildman–Crippen LogP) is 3.83. The van der Waals surface area contributed by atoms with Crippen LogP contribution in [0, 0.1) is 19.8 Å². The molecule has 22 heavy (non-hydrogen) atoms. The van der Waals surface area contributed by atoms with Crippen molar-refractivity contribution in [1.82, 2.24) is 10.3 Å². The normalized spacial score (nSPS) is 10.6. The molecular formula is C18H23N3O. The minimum Gasteiger partial charge on any atom is -0.354 e. The Morgan fingerprint density at radius 2 is 1.95 bits per heavy atom. The number of rotatable bonds is 5. The molecule has 2 N–H and O–H groups in total. The molecule has 0 bridgehead atoms. The van der Waals surface area contributed by atoms with Crippen molar-refractivity contribution in [3.05, 3.63) is 53.3 Å². The van der Waals surface area contributed by atoms with Crippen LogP contribution in [-0.2, 0) is 0 Å². The van der Waals surface area contributed by atoms with Crippen LogP contribution in [0.3, 0.4) is 0 Å². The second kappa shape index (κ2) is 7.07. The van der Waals surface area contributed by atoms with Crippen LogP contribution in [-0.4, -0.2) is 17.4 Å². The lowest BCUT2D eigenvalue weighted by Crippen LogP contribution is -2.27. The van der Waals surface area contributed by atoms with Gasteiger partial charge in [-0.2, -0.15) is 0 Å². The van der Waals surface area contributed by atoms with E-state index >= 15 is 0 Å². The number of carbonyl (C=O) groups is 1. The summed E-state index contributed by atoms with van der Waals surface area (Å²) in [6.45, 7) is 8.92. The third-order valence-electron chi connectivity index (χ3n) is 3.33. The summed E-state index contributed by atoms with van der Waals surface area (Å²) in [6.07, 6.45) is 3.31. The van der Waals surface area contributed by atoms with Crippen LogP contribution in [0.4, 0.5) is 11.4 Å². The molecule has 1 amide bonds.